The monoisotopic (exact) mass is 352 g/mol. The highest BCUT2D eigenvalue weighted by molar-refractivity contribution is 9.10. The number of hydrogen-bond donors (Lipinski definition) is 0. The van der Waals surface area contributed by atoms with Gasteiger partial charge < -0.3 is 4.40 Å². The van der Waals surface area contributed by atoms with E-state index in [1.807, 2.05) is 16.7 Å². The molecule has 1 aliphatic rings. The zero-order valence-corrected chi connectivity index (χ0v) is 12.7. The molecule has 5 heteroatoms. The molecule has 2 aromatic heterocycles. The molecule has 0 aliphatic heterocycles. The fraction of sp³-hybridized carbons (Fsp3) is 0.0714. The summed E-state index contributed by atoms with van der Waals surface area (Å²) in [6, 6.07) is 7.98. The van der Waals surface area contributed by atoms with Crippen molar-refractivity contribution in [2.75, 3.05) is 0 Å². The lowest BCUT2D eigenvalue weighted by molar-refractivity contribution is 1.05. The van der Waals surface area contributed by atoms with E-state index < -0.39 is 0 Å². The maximum Gasteiger partial charge on any atom is 0.156 e. The van der Waals surface area contributed by atoms with Gasteiger partial charge in [-0.25, -0.2) is 4.98 Å². The molecule has 0 atom stereocenters. The van der Waals surface area contributed by atoms with Gasteiger partial charge in [0.05, 0.1) is 21.4 Å². The maximum atomic E-state index is 6.21. The Morgan fingerprint density at radius 2 is 2.05 bits per heavy atom. The van der Waals surface area contributed by atoms with Crippen LogP contribution in [0.3, 0.4) is 0 Å². The van der Waals surface area contributed by atoms with Crippen molar-refractivity contribution in [3.63, 3.8) is 0 Å². The van der Waals surface area contributed by atoms with Crippen LogP contribution in [0.4, 0.5) is 0 Å². The molecule has 3 aromatic rings. The summed E-state index contributed by atoms with van der Waals surface area (Å²) in [5.41, 5.74) is 5.37. The minimum atomic E-state index is 0.584. The fourth-order valence-corrected chi connectivity index (χ4v) is 3.55. The molecule has 0 fully saturated rings. The van der Waals surface area contributed by atoms with E-state index in [2.05, 4.69) is 33.0 Å². The molecule has 0 bridgehead atoms. The lowest BCUT2D eigenvalue weighted by atomic mass is 10.1. The van der Waals surface area contributed by atoms with E-state index in [1.54, 1.807) is 6.07 Å². The van der Waals surface area contributed by atoms with E-state index in [9.17, 15) is 0 Å². The third-order valence-electron chi connectivity index (χ3n) is 3.42. The highest BCUT2D eigenvalue weighted by atomic mass is 79.9. The number of imidazole rings is 1. The van der Waals surface area contributed by atoms with Gasteiger partial charge in [-0.15, -0.1) is 0 Å². The molecule has 0 spiro atoms. The molecule has 0 N–H and O–H groups in total. The van der Waals surface area contributed by atoms with Gasteiger partial charge in [-0.1, -0.05) is 45.2 Å². The van der Waals surface area contributed by atoms with Crippen LogP contribution in [-0.2, 0) is 6.42 Å². The first-order chi connectivity index (χ1) is 9.13. The number of halogens is 3. The van der Waals surface area contributed by atoms with Gasteiger partial charge in [-0.05, 0) is 23.8 Å². The summed E-state index contributed by atoms with van der Waals surface area (Å²) in [7, 11) is 0. The Balaban J connectivity index is 2.07. The zero-order chi connectivity index (χ0) is 13.1. The number of fused-ring (bicyclic) bond motifs is 5. The first-order valence-electron chi connectivity index (χ1n) is 5.78. The standard InChI is InChI=1S/C14H7BrCl2N2/c15-8-1-2-10-7(3-8)4-12-13(10)18-14-11(17)5-9(16)6-19(12)14/h1-3,5-6H,4H2. The molecule has 1 aromatic carbocycles. The van der Waals surface area contributed by atoms with Gasteiger partial charge in [0.1, 0.15) is 0 Å². The second kappa shape index (κ2) is 3.98. The van der Waals surface area contributed by atoms with E-state index in [4.69, 9.17) is 23.2 Å². The van der Waals surface area contributed by atoms with Crippen LogP contribution in [0.1, 0.15) is 11.3 Å². The number of pyridine rings is 1. The second-order valence-corrected chi connectivity index (χ2v) is 6.34. The largest absolute Gasteiger partial charge is 0.300 e. The Hall–Kier alpha value is -1.03. The minimum absolute atomic E-state index is 0.584. The number of benzene rings is 1. The topological polar surface area (TPSA) is 17.3 Å². The molecular formula is C14H7BrCl2N2. The highest BCUT2D eigenvalue weighted by Gasteiger charge is 2.25. The second-order valence-electron chi connectivity index (χ2n) is 4.59. The molecule has 94 valence electrons. The summed E-state index contributed by atoms with van der Waals surface area (Å²) in [6.45, 7) is 0. The van der Waals surface area contributed by atoms with Crippen LogP contribution in [0.15, 0.2) is 34.9 Å². The highest BCUT2D eigenvalue weighted by Crippen LogP contribution is 2.39. The fourth-order valence-electron chi connectivity index (χ4n) is 2.62. The third kappa shape index (κ3) is 1.65. The van der Waals surface area contributed by atoms with Crippen molar-refractivity contribution in [2.45, 2.75) is 6.42 Å². The van der Waals surface area contributed by atoms with Crippen LogP contribution in [0.2, 0.25) is 10.0 Å². The van der Waals surface area contributed by atoms with Gasteiger partial charge >= 0.3 is 0 Å². The zero-order valence-electron chi connectivity index (χ0n) is 9.62. The van der Waals surface area contributed by atoms with E-state index in [0.29, 0.717) is 10.0 Å². The van der Waals surface area contributed by atoms with Crippen LogP contribution >= 0.6 is 39.1 Å². The number of hydrogen-bond acceptors (Lipinski definition) is 1. The van der Waals surface area contributed by atoms with E-state index >= 15 is 0 Å². The van der Waals surface area contributed by atoms with E-state index in [0.717, 1.165) is 27.9 Å². The molecule has 0 unspecified atom stereocenters. The van der Waals surface area contributed by atoms with Crippen molar-refractivity contribution in [1.82, 2.24) is 9.38 Å². The van der Waals surface area contributed by atoms with E-state index in [1.165, 1.54) is 11.1 Å². The van der Waals surface area contributed by atoms with E-state index in [-0.39, 0.29) is 0 Å². The van der Waals surface area contributed by atoms with Crippen molar-refractivity contribution in [1.29, 1.82) is 0 Å². The molecule has 0 saturated carbocycles. The molecule has 2 nitrogen and oxygen atoms in total. The smallest absolute Gasteiger partial charge is 0.156 e. The molecule has 19 heavy (non-hydrogen) atoms. The average molecular weight is 354 g/mol. The average Bonchev–Trinajstić information content (AvgIpc) is 2.85. The van der Waals surface area contributed by atoms with Crippen molar-refractivity contribution in [2.24, 2.45) is 0 Å². The molecule has 0 saturated heterocycles. The van der Waals surface area contributed by atoms with Crippen molar-refractivity contribution in [3.05, 3.63) is 56.2 Å². The summed E-state index contributed by atoms with van der Waals surface area (Å²) < 4.78 is 3.08. The quantitative estimate of drug-likeness (QED) is 0.436. The van der Waals surface area contributed by atoms with Gasteiger partial charge in [0.2, 0.25) is 0 Å². The van der Waals surface area contributed by atoms with Crippen molar-refractivity contribution < 1.29 is 0 Å². The van der Waals surface area contributed by atoms with Crippen LogP contribution in [0, 0.1) is 0 Å². The summed E-state index contributed by atoms with van der Waals surface area (Å²) in [6.07, 6.45) is 2.72. The SMILES string of the molecule is Clc1cc(Cl)c2nc3c(n2c1)Cc1cc(Br)ccc1-3. The molecule has 2 heterocycles. The predicted molar refractivity (Wildman–Crippen MR) is 81.2 cm³/mol. The van der Waals surface area contributed by atoms with Crippen molar-refractivity contribution >= 4 is 44.8 Å². The predicted octanol–water partition coefficient (Wildman–Crippen LogP) is 4.97. The molecule has 0 amide bonds. The van der Waals surface area contributed by atoms with Gasteiger partial charge in [0.25, 0.3) is 0 Å². The Bertz CT molecular complexity index is 839. The Kier molecular flexibility index (Phi) is 2.47. The third-order valence-corrected chi connectivity index (χ3v) is 4.40. The normalized spacial score (nSPS) is 12.8. The van der Waals surface area contributed by atoms with Gasteiger partial charge in [-0.3, -0.25) is 0 Å². The first-order valence-corrected chi connectivity index (χ1v) is 7.33. The Morgan fingerprint density at radius 3 is 2.89 bits per heavy atom. The van der Waals surface area contributed by atoms with Crippen LogP contribution in [-0.4, -0.2) is 9.38 Å². The Labute approximate surface area is 128 Å². The lowest BCUT2D eigenvalue weighted by Gasteiger charge is -2.02. The number of aromatic nitrogens is 2. The summed E-state index contributed by atoms with van der Waals surface area (Å²) in [5, 5.41) is 1.20. The number of nitrogens with zero attached hydrogens (tertiary/aromatic N) is 2. The van der Waals surface area contributed by atoms with Gasteiger partial charge in [0, 0.05) is 22.7 Å². The van der Waals surface area contributed by atoms with Gasteiger partial charge in [-0.2, -0.15) is 0 Å². The molecule has 1 aliphatic carbocycles. The van der Waals surface area contributed by atoms with Crippen LogP contribution < -0.4 is 0 Å². The maximum absolute atomic E-state index is 6.21. The van der Waals surface area contributed by atoms with Crippen LogP contribution in [0.25, 0.3) is 16.9 Å². The molecule has 4 rings (SSSR count). The first kappa shape index (κ1) is 11.8. The van der Waals surface area contributed by atoms with Crippen molar-refractivity contribution in [3.8, 4) is 11.3 Å². The summed E-state index contributed by atoms with van der Waals surface area (Å²) in [4.78, 5) is 4.66. The Morgan fingerprint density at radius 1 is 1.21 bits per heavy atom. The minimum Gasteiger partial charge on any atom is -0.300 e. The van der Waals surface area contributed by atoms with Crippen LogP contribution in [0.5, 0.6) is 0 Å². The molecule has 0 radical (unpaired) electrons. The summed E-state index contributed by atoms with van der Waals surface area (Å²) in [5.74, 6) is 0. The molecular weight excluding hydrogens is 347 g/mol. The van der Waals surface area contributed by atoms with Gasteiger partial charge in [0.15, 0.2) is 5.65 Å². The lowest BCUT2D eigenvalue weighted by Crippen LogP contribution is -1.92. The summed E-state index contributed by atoms with van der Waals surface area (Å²) >= 11 is 15.8. The number of rotatable bonds is 0.